The molecule has 0 spiro atoms. The number of benzene rings is 1. The Hall–Kier alpha value is -3.68. The molecule has 4 rings (SSSR count). The van der Waals surface area contributed by atoms with Crippen molar-refractivity contribution in [2.24, 2.45) is 5.92 Å². The Balaban J connectivity index is 0.000000317. The molecule has 39 heavy (non-hydrogen) atoms. The fourth-order valence-corrected chi connectivity index (χ4v) is 4.51. The molecule has 0 radical (unpaired) electrons. The van der Waals surface area contributed by atoms with Gasteiger partial charge in [0.05, 0.1) is 0 Å². The lowest BCUT2D eigenvalue weighted by atomic mass is 9.93. The Morgan fingerprint density at radius 2 is 1.36 bits per heavy atom. The number of aromatic nitrogens is 1. The Bertz CT molecular complexity index is 1130. The van der Waals surface area contributed by atoms with Crippen molar-refractivity contribution in [3.8, 4) is 0 Å². The number of amides is 1. The van der Waals surface area contributed by atoms with Crippen molar-refractivity contribution >= 4 is 17.8 Å². The summed E-state index contributed by atoms with van der Waals surface area (Å²) in [4.78, 5) is 39.2. The minimum atomic E-state index is -5.08. The van der Waals surface area contributed by atoms with Crippen molar-refractivity contribution in [1.29, 1.82) is 0 Å². The van der Waals surface area contributed by atoms with E-state index in [1.54, 1.807) is 12.4 Å². The van der Waals surface area contributed by atoms with Crippen LogP contribution >= 0.6 is 0 Å². The van der Waals surface area contributed by atoms with E-state index in [0.717, 1.165) is 18.7 Å². The van der Waals surface area contributed by atoms with Gasteiger partial charge in [-0.25, -0.2) is 9.59 Å². The van der Waals surface area contributed by atoms with Crippen LogP contribution in [-0.2, 0) is 9.59 Å². The summed E-state index contributed by atoms with van der Waals surface area (Å²) in [5, 5.41) is 14.2. The number of carboxylic acid groups (broad SMARTS) is 2. The largest absolute Gasteiger partial charge is 0.490 e. The zero-order valence-corrected chi connectivity index (χ0v) is 21.1. The zero-order chi connectivity index (χ0) is 29.7. The van der Waals surface area contributed by atoms with Crippen molar-refractivity contribution in [2.45, 2.75) is 44.2 Å². The van der Waals surface area contributed by atoms with Gasteiger partial charge in [-0.15, -0.1) is 0 Å². The molecule has 0 unspecified atom stereocenters. The van der Waals surface area contributed by atoms with Crippen LogP contribution in [0.3, 0.4) is 0 Å². The number of fused-ring (bicyclic) bond motifs is 3. The standard InChI is InChI=1S/C21H25N3O.2C2HF3O2/c1-14(2)23(3)20-17-7-5-4-6-16(17)18-12-24(13-19(18)20)21(25)15-8-10-22-11-9-15;2*3-2(4,5)1(6)7/h4-11,14,18-20H,12-13H2,1-3H3;2*(H,6,7)/t18-,19-,20-;;/m0../s1. The SMILES string of the molecule is CC(C)N(C)[C@H]1c2ccccc2[C@@H]2CN(C(=O)c3ccncc3)C[C@@H]21.O=C(O)C(F)(F)F.O=C(O)C(F)(F)F. The van der Waals surface area contributed by atoms with Crippen molar-refractivity contribution in [1.82, 2.24) is 14.8 Å². The lowest BCUT2D eigenvalue weighted by molar-refractivity contribution is -0.193. The van der Waals surface area contributed by atoms with E-state index in [9.17, 15) is 31.1 Å². The number of hydrogen-bond donors (Lipinski definition) is 2. The average Bonchev–Trinajstić information content (AvgIpc) is 3.40. The van der Waals surface area contributed by atoms with Gasteiger partial charge in [-0.3, -0.25) is 14.7 Å². The number of likely N-dealkylation sites (tertiary alicyclic amines) is 1. The minimum Gasteiger partial charge on any atom is -0.475 e. The van der Waals surface area contributed by atoms with Crippen LogP contribution in [0.5, 0.6) is 0 Å². The van der Waals surface area contributed by atoms with E-state index in [0.29, 0.717) is 23.9 Å². The predicted molar refractivity (Wildman–Crippen MR) is 126 cm³/mol. The lowest BCUT2D eigenvalue weighted by Gasteiger charge is -2.33. The molecule has 1 fully saturated rings. The molecule has 2 aromatic rings. The van der Waals surface area contributed by atoms with Crippen molar-refractivity contribution in [2.75, 3.05) is 20.1 Å². The molecule has 0 bridgehead atoms. The third-order valence-electron chi connectivity index (χ3n) is 6.44. The quantitative estimate of drug-likeness (QED) is 0.526. The van der Waals surface area contributed by atoms with Gasteiger partial charge in [-0.1, -0.05) is 24.3 Å². The van der Waals surface area contributed by atoms with Crippen molar-refractivity contribution in [3.63, 3.8) is 0 Å². The molecule has 14 heteroatoms. The molecule has 1 saturated heterocycles. The Morgan fingerprint density at radius 3 is 1.79 bits per heavy atom. The number of rotatable bonds is 3. The topological polar surface area (TPSA) is 111 Å². The second-order valence-corrected chi connectivity index (χ2v) is 9.16. The van der Waals surface area contributed by atoms with Gasteiger partial charge in [0, 0.05) is 55.0 Å². The fourth-order valence-electron chi connectivity index (χ4n) is 4.51. The van der Waals surface area contributed by atoms with Gasteiger partial charge >= 0.3 is 24.3 Å². The molecule has 3 atom stereocenters. The van der Waals surface area contributed by atoms with E-state index in [-0.39, 0.29) is 5.91 Å². The smallest absolute Gasteiger partial charge is 0.475 e. The predicted octanol–water partition coefficient (Wildman–Crippen LogP) is 4.60. The summed E-state index contributed by atoms with van der Waals surface area (Å²) in [6.07, 6.45) is -6.79. The van der Waals surface area contributed by atoms with Crippen molar-refractivity contribution < 1.29 is 50.9 Å². The maximum atomic E-state index is 12.9. The molecular formula is C25H27F6N3O5. The molecule has 1 aromatic heterocycles. The summed E-state index contributed by atoms with van der Waals surface area (Å²) in [6, 6.07) is 13.3. The van der Waals surface area contributed by atoms with Crippen LogP contribution in [0.4, 0.5) is 26.3 Å². The van der Waals surface area contributed by atoms with Gasteiger partial charge in [0.2, 0.25) is 0 Å². The highest BCUT2D eigenvalue weighted by molar-refractivity contribution is 5.94. The van der Waals surface area contributed by atoms with Gasteiger partial charge < -0.3 is 15.1 Å². The first kappa shape index (κ1) is 31.5. The highest BCUT2D eigenvalue weighted by atomic mass is 19.4. The minimum absolute atomic E-state index is 0.125. The Morgan fingerprint density at radius 1 is 0.897 bits per heavy atom. The molecule has 2 heterocycles. The van der Waals surface area contributed by atoms with E-state index in [4.69, 9.17) is 19.8 Å². The number of nitrogens with zero attached hydrogens (tertiary/aromatic N) is 3. The molecule has 1 amide bonds. The number of aliphatic carboxylic acids is 2. The van der Waals surface area contributed by atoms with Crippen LogP contribution in [0, 0.1) is 5.92 Å². The van der Waals surface area contributed by atoms with Crippen LogP contribution in [0.1, 0.15) is 47.3 Å². The maximum Gasteiger partial charge on any atom is 0.490 e. The number of carbonyl (C=O) groups is 3. The third-order valence-corrected chi connectivity index (χ3v) is 6.44. The summed E-state index contributed by atoms with van der Waals surface area (Å²) in [5.74, 6) is -4.48. The molecule has 0 saturated carbocycles. The van der Waals surface area contributed by atoms with E-state index >= 15 is 0 Å². The number of carbonyl (C=O) groups excluding carboxylic acids is 1. The van der Waals surface area contributed by atoms with Crippen LogP contribution in [-0.4, -0.2) is 81.4 Å². The normalized spacial score (nSPS) is 19.9. The van der Waals surface area contributed by atoms with Crippen LogP contribution in [0.2, 0.25) is 0 Å². The first-order valence-electron chi connectivity index (χ1n) is 11.6. The number of pyridine rings is 1. The van der Waals surface area contributed by atoms with E-state index in [2.05, 4.69) is 55.0 Å². The molecule has 214 valence electrons. The van der Waals surface area contributed by atoms with E-state index < -0.39 is 24.3 Å². The Labute approximate surface area is 219 Å². The molecule has 8 nitrogen and oxygen atoms in total. The second-order valence-electron chi connectivity index (χ2n) is 9.16. The number of alkyl halides is 6. The molecule has 1 aromatic carbocycles. The van der Waals surface area contributed by atoms with Gasteiger partial charge in [-0.05, 0) is 44.2 Å². The van der Waals surface area contributed by atoms with E-state index in [1.165, 1.54) is 11.1 Å². The monoisotopic (exact) mass is 563 g/mol. The van der Waals surface area contributed by atoms with Crippen LogP contribution < -0.4 is 0 Å². The molecular weight excluding hydrogens is 536 g/mol. The van der Waals surface area contributed by atoms with Gasteiger partial charge in [0.25, 0.3) is 5.91 Å². The van der Waals surface area contributed by atoms with Gasteiger partial charge in [0.15, 0.2) is 0 Å². The highest BCUT2D eigenvalue weighted by Crippen LogP contribution is 2.51. The van der Waals surface area contributed by atoms with Crippen LogP contribution in [0.25, 0.3) is 0 Å². The first-order chi connectivity index (χ1) is 18.0. The van der Waals surface area contributed by atoms with Gasteiger partial charge in [-0.2, -0.15) is 26.3 Å². The molecule has 2 N–H and O–H groups in total. The highest BCUT2D eigenvalue weighted by Gasteiger charge is 2.49. The summed E-state index contributed by atoms with van der Waals surface area (Å²) >= 11 is 0. The number of hydrogen-bond acceptors (Lipinski definition) is 5. The van der Waals surface area contributed by atoms with Crippen LogP contribution in [0.15, 0.2) is 48.8 Å². The second kappa shape index (κ2) is 12.5. The zero-order valence-electron chi connectivity index (χ0n) is 21.1. The molecule has 1 aliphatic carbocycles. The summed E-state index contributed by atoms with van der Waals surface area (Å²) in [7, 11) is 2.21. The summed E-state index contributed by atoms with van der Waals surface area (Å²) in [6.45, 7) is 6.11. The molecule has 1 aliphatic heterocycles. The lowest BCUT2D eigenvalue weighted by Crippen LogP contribution is -2.36. The number of carboxylic acids is 2. The maximum absolute atomic E-state index is 12.9. The van der Waals surface area contributed by atoms with Gasteiger partial charge in [0.1, 0.15) is 0 Å². The third kappa shape index (κ3) is 7.91. The first-order valence-corrected chi connectivity index (χ1v) is 11.6. The number of halogens is 6. The summed E-state index contributed by atoms with van der Waals surface area (Å²) in [5.41, 5.74) is 3.61. The Kier molecular flexibility index (Phi) is 10.1. The summed E-state index contributed by atoms with van der Waals surface area (Å²) < 4.78 is 63.5. The average molecular weight is 563 g/mol. The van der Waals surface area contributed by atoms with E-state index in [1.807, 2.05) is 17.0 Å². The van der Waals surface area contributed by atoms with Crippen molar-refractivity contribution in [3.05, 3.63) is 65.5 Å². The molecule has 2 aliphatic rings. The fraction of sp³-hybridized carbons (Fsp3) is 0.440.